The highest BCUT2D eigenvalue weighted by atomic mass is 16.3. The monoisotopic (exact) mass is 230 g/mol. The van der Waals surface area contributed by atoms with E-state index in [1.165, 1.54) is 0 Å². The van der Waals surface area contributed by atoms with Gasteiger partial charge in [-0.3, -0.25) is 4.79 Å². The van der Waals surface area contributed by atoms with Crippen molar-refractivity contribution in [3.05, 3.63) is 0 Å². The van der Waals surface area contributed by atoms with Gasteiger partial charge in [-0.2, -0.15) is 0 Å². The highest BCUT2D eigenvalue weighted by molar-refractivity contribution is 5.78. The lowest BCUT2D eigenvalue weighted by Gasteiger charge is -2.26. The summed E-state index contributed by atoms with van der Waals surface area (Å²) in [6.45, 7) is 10.4. The van der Waals surface area contributed by atoms with E-state index in [2.05, 4.69) is 10.6 Å². The zero-order valence-corrected chi connectivity index (χ0v) is 11.2. The first-order chi connectivity index (χ1) is 7.22. The van der Waals surface area contributed by atoms with Gasteiger partial charge in [0.05, 0.1) is 12.1 Å². The number of amides is 1. The van der Waals surface area contributed by atoms with Gasteiger partial charge in [0.1, 0.15) is 0 Å². The molecule has 0 saturated carbocycles. The summed E-state index contributed by atoms with van der Waals surface area (Å²) < 4.78 is 0. The molecule has 0 bridgehead atoms. The predicted molar refractivity (Wildman–Crippen MR) is 66.3 cm³/mol. The summed E-state index contributed by atoms with van der Waals surface area (Å²) in [4.78, 5) is 11.5. The molecule has 0 heterocycles. The average molecular weight is 230 g/mol. The number of hydrogen-bond acceptors (Lipinski definition) is 3. The Morgan fingerprint density at radius 1 is 1.19 bits per heavy atom. The lowest BCUT2D eigenvalue weighted by atomic mass is 9.98. The molecule has 3 N–H and O–H groups in total. The Morgan fingerprint density at radius 3 is 2.06 bits per heavy atom. The highest BCUT2D eigenvalue weighted by Crippen LogP contribution is 2.12. The molecule has 0 aromatic heterocycles. The van der Waals surface area contributed by atoms with Crippen molar-refractivity contribution in [3.63, 3.8) is 0 Å². The fourth-order valence-electron chi connectivity index (χ4n) is 1.37. The van der Waals surface area contributed by atoms with Crippen LogP contribution < -0.4 is 10.6 Å². The Morgan fingerprint density at radius 2 is 1.69 bits per heavy atom. The summed E-state index contributed by atoms with van der Waals surface area (Å²) in [6, 6.07) is 0. The maximum absolute atomic E-state index is 11.5. The Hall–Kier alpha value is -0.610. The van der Waals surface area contributed by atoms with E-state index in [-0.39, 0.29) is 18.0 Å². The van der Waals surface area contributed by atoms with Crippen molar-refractivity contribution in [1.29, 1.82) is 0 Å². The summed E-state index contributed by atoms with van der Waals surface area (Å²) in [6.07, 6.45) is 1.38. The fraction of sp³-hybridized carbons (Fsp3) is 0.917. The van der Waals surface area contributed by atoms with Crippen LogP contribution in [0.5, 0.6) is 0 Å². The molecule has 4 heteroatoms. The van der Waals surface area contributed by atoms with Gasteiger partial charge in [0.15, 0.2) is 0 Å². The molecular formula is C12H26N2O2. The minimum absolute atomic E-state index is 0.0398. The Kier molecular flexibility index (Phi) is 5.97. The van der Waals surface area contributed by atoms with Crippen LogP contribution in [0.15, 0.2) is 0 Å². The van der Waals surface area contributed by atoms with Gasteiger partial charge in [-0.1, -0.05) is 13.8 Å². The number of hydrogen-bond donors (Lipinski definition) is 3. The van der Waals surface area contributed by atoms with Crippen LogP contribution in [-0.2, 0) is 4.79 Å². The number of rotatable bonds is 6. The summed E-state index contributed by atoms with van der Waals surface area (Å²) in [5.74, 6) is -0.0398. The first-order valence-electron chi connectivity index (χ1n) is 5.96. The zero-order valence-electron chi connectivity index (χ0n) is 11.2. The van der Waals surface area contributed by atoms with Crippen LogP contribution in [0, 0.1) is 0 Å². The number of aliphatic hydroxyl groups is 1. The predicted octanol–water partition coefficient (Wildman–Crippen LogP) is 1.04. The lowest BCUT2D eigenvalue weighted by Crippen LogP contribution is -2.47. The van der Waals surface area contributed by atoms with Gasteiger partial charge in [0.2, 0.25) is 5.91 Å². The second-order valence-electron chi connectivity index (χ2n) is 5.33. The van der Waals surface area contributed by atoms with E-state index in [9.17, 15) is 9.90 Å². The first-order valence-corrected chi connectivity index (χ1v) is 5.96. The van der Waals surface area contributed by atoms with Gasteiger partial charge in [-0.05, 0) is 33.6 Å². The Balaban J connectivity index is 3.86. The molecule has 96 valence electrons. The molecule has 16 heavy (non-hydrogen) atoms. The third kappa shape index (κ3) is 6.80. The molecule has 0 radical (unpaired) electrons. The Labute approximate surface area is 98.8 Å². The normalized spacial score (nSPS) is 12.6. The molecule has 0 atom stereocenters. The molecule has 0 aliphatic carbocycles. The summed E-state index contributed by atoms with van der Waals surface area (Å²) in [5.41, 5.74) is -0.896. The van der Waals surface area contributed by atoms with Gasteiger partial charge >= 0.3 is 0 Å². The van der Waals surface area contributed by atoms with Gasteiger partial charge in [-0.15, -0.1) is 0 Å². The molecule has 0 aliphatic rings. The molecule has 0 fully saturated rings. The molecule has 0 aliphatic heterocycles. The number of nitrogens with one attached hydrogen (secondary N) is 2. The number of carbonyl (C=O) groups is 1. The summed E-state index contributed by atoms with van der Waals surface area (Å²) in [5, 5.41) is 15.8. The second-order valence-corrected chi connectivity index (χ2v) is 5.33. The molecule has 0 aromatic rings. The molecule has 0 rings (SSSR count). The van der Waals surface area contributed by atoms with E-state index in [4.69, 9.17) is 0 Å². The maximum atomic E-state index is 11.5. The summed E-state index contributed by atoms with van der Waals surface area (Å²) >= 11 is 0. The fourth-order valence-corrected chi connectivity index (χ4v) is 1.37. The molecule has 0 unspecified atom stereocenters. The lowest BCUT2D eigenvalue weighted by molar-refractivity contribution is -0.121. The van der Waals surface area contributed by atoms with Gasteiger partial charge in [0.25, 0.3) is 0 Å². The van der Waals surface area contributed by atoms with Crippen molar-refractivity contribution in [2.45, 2.75) is 58.6 Å². The summed E-state index contributed by atoms with van der Waals surface area (Å²) in [7, 11) is 0. The topological polar surface area (TPSA) is 61.4 Å². The minimum atomic E-state index is -0.692. The molecule has 0 aromatic carbocycles. The van der Waals surface area contributed by atoms with Crippen molar-refractivity contribution in [2.75, 3.05) is 13.1 Å². The largest absolute Gasteiger partial charge is 0.389 e. The van der Waals surface area contributed by atoms with E-state index in [1.54, 1.807) is 0 Å². The van der Waals surface area contributed by atoms with E-state index in [0.29, 0.717) is 19.4 Å². The van der Waals surface area contributed by atoms with Crippen LogP contribution in [0.4, 0.5) is 0 Å². The molecule has 1 amide bonds. The minimum Gasteiger partial charge on any atom is -0.389 e. The molecule has 0 saturated heterocycles. The van der Waals surface area contributed by atoms with Crippen molar-refractivity contribution in [1.82, 2.24) is 10.6 Å². The Bertz CT molecular complexity index is 218. The number of carbonyl (C=O) groups excluding carboxylic acids is 1. The SMILES string of the molecule is CCC(O)(CC)CNCC(=O)NC(C)(C)C. The standard InChI is InChI=1S/C12H26N2O2/c1-6-12(16,7-2)9-13-8-10(15)14-11(3,4)5/h13,16H,6-9H2,1-5H3,(H,14,15). The van der Waals surface area contributed by atoms with Crippen LogP contribution in [-0.4, -0.2) is 35.2 Å². The average Bonchev–Trinajstić information content (AvgIpc) is 2.14. The third-order valence-corrected chi connectivity index (χ3v) is 2.57. The van der Waals surface area contributed by atoms with Crippen molar-refractivity contribution >= 4 is 5.91 Å². The second kappa shape index (κ2) is 6.21. The van der Waals surface area contributed by atoms with Crippen LogP contribution in [0.25, 0.3) is 0 Å². The third-order valence-electron chi connectivity index (χ3n) is 2.57. The van der Waals surface area contributed by atoms with Crippen molar-refractivity contribution < 1.29 is 9.90 Å². The molecular weight excluding hydrogens is 204 g/mol. The van der Waals surface area contributed by atoms with Gasteiger partial charge < -0.3 is 15.7 Å². The van der Waals surface area contributed by atoms with Crippen LogP contribution in [0.1, 0.15) is 47.5 Å². The highest BCUT2D eigenvalue weighted by Gasteiger charge is 2.22. The first kappa shape index (κ1) is 15.4. The van der Waals surface area contributed by atoms with Crippen LogP contribution in [0.3, 0.4) is 0 Å². The zero-order chi connectivity index (χ0) is 12.8. The van der Waals surface area contributed by atoms with E-state index in [1.807, 2.05) is 34.6 Å². The van der Waals surface area contributed by atoms with Gasteiger partial charge in [-0.25, -0.2) is 0 Å². The van der Waals surface area contributed by atoms with E-state index >= 15 is 0 Å². The molecule has 0 spiro atoms. The smallest absolute Gasteiger partial charge is 0.234 e. The van der Waals surface area contributed by atoms with Gasteiger partial charge in [0, 0.05) is 12.1 Å². The molecule has 4 nitrogen and oxygen atoms in total. The van der Waals surface area contributed by atoms with Crippen LogP contribution in [0.2, 0.25) is 0 Å². The van der Waals surface area contributed by atoms with Crippen LogP contribution >= 0.6 is 0 Å². The van der Waals surface area contributed by atoms with Crippen molar-refractivity contribution in [3.8, 4) is 0 Å². The maximum Gasteiger partial charge on any atom is 0.234 e. The van der Waals surface area contributed by atoms with E-state index < -0.39 is 5.60 Å². The quantitative estimate of drug-likeness (QED) is 0.639. The van der Waals surface area contributed by atoms with E-state index in [0.717, 1.165) is 0 Å². The van der Waals surface area contributed by atoms with Crippen molar-refractivity contribution in [2.24, 2.45) is 0 Å².